The monoisotopic (exact) mass is 319 g/mol. The van der Waals surface area contributed by atoms with Crippen LogP contribution < -0.4 is 4.72 Å². The van der Waals surface area contributed by atoms with Crippen LogP contribution >= 0.6 is 23.4 Å². The molecule has 1 saturated heterocycles. The van der Waals surface area contributed by atoms with Crippen molar-refractivity contribution in [3.63, 3.8) is 0 Å². The Morgan fingerprint density at radius 1 is 1.32 bits per heavy atom. The fraction of sp³-hybridized carbons (Fsp3) is 0.538. The average Bonchev–Trinajstić information content (AvgIpc) is 2.91. The zero-order valence-electron chi connectivity index (χ0n) is 10.6. The molecule has 1 aliphatic heterocycles. The highest BCUT2D eigenvalue weighted by Gasteiger charge is 2.19. The Kier molecular flexibility index (Phi) is 5.57. The minimum absolute atomic E-state index is 0.328. The van der Waals surface area contributed by atoms with E-state index in [2.05, 4.69) is 4.72 Å². The van der Waals surface area contributed by atoms with Gasteiger partial charge in [0.2, 0.25) is 10.0 Å². The molecule has 0 amide bonds. The summed E-state index contributed by atoms with van der Waals surface area (Å²) in [5.41, 5.74) is 1.06. The van der Waals surface area contributed by atoms with E-state index in [-0.39, 0.29) is 0 Å². The molecule has 0 aliphatic carbocycles. The van der Waals surface area contributed by atoms with E-state index >= 15 is 0 Å². The maximum Gasteiger partial charge on any atom is 0.240 e. The SMILES string of the molecule is O=S(=O)(NCC1CCCS1)c1ccc(CCCl)cc1. The second-order valence-corrected chi connectivity index (χ2v) is 8.12. The summed E-state index contributed by atoms with van der Waals surface area (Å²) in [7, 11) is -3.38. The molecule has 1 unspecified atom stereocenters. The van der Waals surface area contributed by atoms with Crippen molar-refractivity contribution in [2.45, 2.75) is 29.4 Å². The summed E-state index contributed by atoms with van der Waals surface area (Å²) < 4.78 is 26.9. The molecule has 0 radical (unpaired) electrons. The summed E-state index contributed by atoms with van der Waals surface area (Å²) in [5.74, 6) is 1.68. The first-order chi connectivity index (χ1) is 9.12. The number of sulfonamides is 1. The summed E-state index contributed by atoms with van der Waals surface area (Å²) in [4.78, 5) is 0.328. The van der Waals surface area contributed by atoms with Gasteiger partial charge in [-0.05, 0) is 42.7 Å². The Hall–Kier alpha value is -0.230. The van der Waals surface area contributed by atoms with Crippen LogP contribution in [0.15, 0.2) is 29.2 Å². The fourth-order valence-corrected chi connectivity index (χ4v) is 4.64. The molecule has 2 rings (SSSR count). The third-order valence-corrected chi connectivity index (χ3v) is 6.17. The average molecular weight is 320 g/mol. The number of thioether (sulfide) groups is 1. The van der Waals surface area contributed by atoms with Gasteiger partial charge >= 0.3 is 0 Å². The lowest BCUT2D eigenvalue weighted by Crippen LogP contribution is -2.29. The van der Waals surface area contributed by atoms with Gasteiger partial charge in [0, 0.05) is 17.7 Å². The van der Waals surface area contributed by atoms with E-state index in [0.29, 0.717) is 22.6 Å². The molecule has 0 spiro atoms. The quantitative estimate of drug-likeness (QED) is 0.820. The van der Waals surface area contributed by atoms with Crippen LogP contribution in [-0.2, 0) is 16.4 Å². The highest BCUT2D eigenvalue weighted by Crippen LogP contribution is 2.25. The van der Waals surface area contributed by atoms with Crippen molar-refractivity contribution in [2.24, 2.45) is 0 Å². The lowest BCUT2D eigenvalue weighted by Gasteiger charge is -2.11. The van der Waals surface area contributed by atoms with Gasteiger partial charge in [0.15, 0.2) is 0 Å². The molecule has 3 nitrogen and oxygen atoms in total. The summed E-state index contributed by atoms with van der Waals surface area (Å²) in [6, 6.07) is 6.93. The van der Waals surface area contributed by atoms with Gasteiger partial charge in [-0.2, -0.15) is 11.8 Å². The first kappa shape index (κ1) is 15.2. The summed E-state index contributed by atoms with van der Waals surface area (Å²) >= 11 is 7.50. The predicted molar refractivity (Wildman–Crippen MR) is 81.5 cm³/mol. The second kappa shape index (κ2) is 6.97. The fourth-order valence-electron chi connectivity index (χ4n) is 2.04. The van der Waals surface area contributed by atoms with Crippen LogP contribution in [0.5, 0.6) is 0 Å². The molecular weight excluding hydrogens is 302 g/mol. The Bertz CT molecular complexity index is 496. The van der Waals surface area contributed by atoms with Crippen LogP contribution in [0.2, 0.25) is 0 Å². The topological polar surface area (TPSA) is 46.2 Å². The molecule has 0 saturated carbocycles. The molecule has 1 aliphatic rings. The second-order valence-electron chi connectivity index (χ2n) is 4.57. The molecule has 1 aromatic carbocycles. The minimum Gasteiger partial charge on any atom is -0.210 e. The Morgan fingerprint density at radius 2 is 2.05 bits per heavy atom. The normalized spacial score (nSPS) is 19.7. The van der Waals surface area contributed by atoms with Gasteiger partial charge in [-0.15, -0.1) is 11.6 Å². The number of rotatable bonds is 6. The number of alkyl halides is 1. The van der Waals surface area contributed by atoms with Gasteiger partial charge in [-0.25, -0.2) is 13.1 Å². The zero-order chi connectivity index (χ0) is 13.7. The van der Waals surface area contributed by atoms with Gasteiger partial charge in [-0.3, -0.25) is 0 Å². The van der Waals surface area contributed by atoms with Crippen molar-refractivity contribution in [3.8, 4) is 0 Å². The van der Waals surface area contributed by atoms with E-state index in [0.717, 1.165) is 24.2 Å². The smallest absolute Gasteiger partial charge is 0.210 e. The lowest BCUT2D eigenvalue weighted by molar-refractivity contribution is 0.579. The zero-order valence-corrected chi connectivity index (χ0v) is 13.0. The van der Waals surface area contributed by atoms with Gasteiger partial charge in [0.25, 0.3) is 0 Å². The summed E-state index contributed by atoms with van der Waals surface area (Å²) in [5, 5.41) is 0.422. The van der Waals surface area contributed by atoms with Gasteiger partial charge in [0.05, 0.1) is 4.90 Å². The molecule has 106 valence electrons. The maximum absolute atomic E-state index is 12.1. The summed E-state index contributed by atoms with van der Waals surface area (Å²) in [6.07, 6.45) is 3.04. The van der Waals surface area contributed by atoms with Gasteiger partial charge < -0.3 is 0 Å². The van der Waals surface area contributed by atoms with Gasteiger partial charge in [-0.1, -0.05) is 12.1 Å². The van der Waals surface area contributed by atoms with E-state index in [1.165, 1.54) is 6.42 Å². The van der Waals surface area contributed by atoms with Crippen molar-refractivity contribution < 1.29 is 8.42 Å². The van der Waals surface area contributed by atoms with Crippen LogP contribution in [0.4, 0.5) is 0 Å². The standard InChI is InChI=1S/C13H18ClNO2S2/c14-8-7-11-3-5-13(6-4-11)19(16,17)15-10-12-2-1-9-18-12/h3-6,12,15H,1-2,7-10H2. The Labute approximate surface area is 124 Å². The molecule has 6 heteroatoms. The summed E-state index contributed by atoms with van der Waals surface area (Å²) in [6.45, 7) is 0.524. The van der Waals surface area contributed by atoms with Crippen LogP contribution in [-0.4, -0.2) is 31.8 Å². The first-order valence-corrected chi connectivity index (χ1v) is 9.44. The Morgan fingerprint density at radius 3 is 2.63 bits per heavy atom. The third-order valence-electron chi connectivity index (χ3n) is 3.14. The van der Waals surface area contributed by atoms with E-state index in [1.54, 1.807) is 12.1 Å². The number of hydrogen-bond donors (Lipinski definition) is 1. The van der Waals surface area contributed by atoms with Crippen molar-refractivity contribution in [1.82, 2.24) is 4.72 Å². The molecule has 0 bridgehead atoms. The van der Waals surface area contributed by atoms with E-state index in [4.69, 9.17) is 11.6 Å². The highest BCUT2D eigenvalue weighted by molar-refractivity contribution is 8.00. The van der Waals surface area contributed by atoms with Crippen LogP contribution in [0.3, 0.4) is 0 Å². The molecule has 0 aromatic heterocycles. The molecular formula is C13H18ClNO2S2. The lowest BCUT2D eigenvalue weighted by atomic mass is 10.2. The molecule has 1 atom stereocenters. The molecule has 1 heterocycles. The number of halogens is 1. The van der Waals surface area contributed by atoms with Crippen molar-refractivity contribution in [2.75, 3.05) is 18.2 Å². The molecule has 1 fully saturated rings. The van der Waals surface area contributed by atoms with E-state index < -0.39 is 10.0 Å². The number of hydrogen-bond acceptors (Lipinski definition) is 3. The highest BCUT2D eigenvalue weighted by atomic mass is 35.5. The van der Waals surface area contributed by atoms with Gasteiger partial charge in [0.1, 0.15) is 0 Å². The Balaban J connectivity index is 1.97. The number of nitrogens with one attached hydrogen (secondary N) is 1. The van der Waals surface area contributed by atoms with Crippen molar-refractivity contribution in [1.29, 1.82) is 0 Å². The van der Waals surface area contributed by atoms with Crippen LogP contribution in [0, 0.1) is 0 Å². The third kappa shape index (κ3) is 4.38. The van der Waals surface area contributed by atoms with Crippen molar-refractivity contribution in [3.05, 3.63) is 29.8 Å². The number of aryl methyl sites for hydroxylation is 1. The molecule has 19 heavy (non-hydrogen) atoms. The van der Waals surface area contributed by atoms with Crippen molar-refractivity contribution >= 4 is 33.4 Å². The minimum atomic E-state index is -3.38. The molecule has 1 N–H and O–H groups in total. The van der Waals surface area contributed by atoms with E-state index in [9.17, 15) is 8.42 Å². The maximum atomic E-state index is 12.1. The van der Waals surface area contributed by atoms with Crippen LogP contribution in [0.1, 0.15) is 18.4 Å². The van der Waals surface area contributed by atoms with E-state index in [1.807, 2.05) is 23.9 Å². The first-order valence-electron chi connectivity index (χ1n) is 6.38. The number of benzene rings is 1. The largest absolute Gasteiger partial charge is 0.240 e. The molecule has 1 aromatic rings. The van der Waals surface area contributed by atoms with Crippen LogP contribution in [0.25, 0.3) is 0 Å². The predicted octanol–water partition coefficient (Wildman–Crippen LogP) is 2.64.